The zero-order valence-electron chi connectivity index (χ0n) is 49.6. The summed E-state index contributed by atoms with van der Waals surface area (Å²) in [7, 11) is 3.82. The molecule has 0 saturated carbocycles. The number of para-hydroxylation sites is 2. The predicted molar refractivity (Wildman–Crippen MR) is 306 cm³/mol. The fourth-order valence-corrected chi connectivity index (χ4v) is 12.8. The van der Waals surface area contributed by atoms with Crippen LogP contribution in [0.3, 0.4) is 0 Å². The standard InChI is InChI=1S/C57H79N3O32S/c1-60(2)21-9-7-20(8-10-21)30-11-12-31(93-30)51(79)58-22-5-3-4-6-23(22)80-19-32(67)59-33-34(68)52-81-24(13-61)45(33)87-53-40(74)35(69)47(26(15-63)82-53)89-55-42(76)37(71)49(28(17-65)84-55)91-57-44(78)39(73)50(29(18-66)86-57)92-56-43(77)38(72)48(27(16-64)85-56)90-54-41(75)36(70)46(88-52)25(14-62)83-54/h3-12,24-29,33-50,52-57,61-66,68-78H,13-19H2,1-2H3,(H,58,79)(H,59,67)/t24-,25-,26-,27-,28-,29-,33-,34-,35-,36-,37-,38-,39-,40-,41-,42-,43-,44-,45-,46-,47-,48-,49-,50-,52-,53-,54-,55-,56-,57-/m1/s1. The summed E-state index contributed by atoms with van der Waals surface area (Å²) >= 11 is 1.22. The quantitative estimate of drug-likeness (QED) is 0.0713. The molecule has 22 aliphatic rings. The molecule has 0 aliphatic carbocycles. The van der Waals surface area contributed by atoms with E-state index in [2.05, 4.69) is 10.6 Å². The lowest BCUT2D eigenvalue weighted by molar-refractivity contribution is -0.401. The Morgan fingerprint density at radius 1 is 0.430 bits per heavy atom. The molecule has 22 fully saturated rings. The van der Waals surface area contributed by atoms with Crippen LogP contribution >= 0.6 is 11.3 Å². The molecule has 0 radical (unpaired) electrons. The van der Waals surface area contributed by atoms with E-state index in [1.807, 2.05) is 43.3 Å². The number of nitrogens with one attached hydrogen (secondary N) is 2. The molecule has 25 rings (SSSR count). The fraction of sp³-hybridized carbons (Fsp3) is 0.684. The number of carbonyl (C=O) groups is 2. The number of rotatable bonds is 14. The van der Waals surface area contributed by atoms with Crippen molar-refractivity contribution in [3.05, 3.63) is 65.5 Å². The molecule has 0 unspecified atom stereocenters. The highest BCUT2D eigenvalue weighted by atomic mass is 32.1. The molecule has 35 nitrogen and oxygen atoms in total. The van der Waals surface area contributed by atoms with Crippen LogP contribution in [0.1, 0.15) is 9.67 Å². The van der Waals surface area contributed by atoms with Gasteiger partial charge in [-0.05, 0) is 42.0 Å². The molecule has 93 heavy (non-hydrogen) atoms. The number of hydrogen-bond acceptors (Lipinski definition) is 34. The first-order chi connectivity index (χ1) is 44.5. The van der Waals surface area contributed by atoms with Gasteiger partial charge in [-0.25, -0.2) is 0 Å². The van der Waals surface area contributed by atoms with Gasteiger partial charge in [0.25, 0.3) is 11.8 Å². The molecule has 2 aromatic carbocycles. The maximum absolute atomic E-state index is 14.2. The van der Waals surface area contributed by atoms with Crippen LogP contribution < -0.4 is 20.3 Å². The van der Waals surface area contributed by atoms with Crippen molar-refractivity contribution in [1.82, 2.24) is 5.32 Å². The van der Waals surface area contributed by atoms with Crippen LogP contribution in [-0.2, 0) is 61.6 Å². The first-order valence-electron chi connectivity index (χ1n) is 29.7. The average Bonchev–Trinajstić information content (AvgIpc) is 1.30. The molecule has 2 amide bonds. The highest BCUT2D eigenvalue weighted by Crippen LogP contribution is 2.39. The van der Waals surface area contributed by atoms with Gasteiger partial charge in [-0.1, -0.05) is 24.3 Å². The van der Waals surface area contributed by atoms with Crippen molar-refractivity contribution in [3.8, 4) is 16.2 Å². The second-order valence-electron chi connectivity index (χ2n) is 23.3. The average molecular weight is 1350 g/mol. The summed E-state index contributed by atoms with van der Waals surface area (Å²) in [5.74, 6) is -1.58. The minimum atomic E-state index is -2.26. The smallest absolute Gasteiger partial charge is 0.265 e. The molecule has 23 heterocycles. The minimum Gasteiger partial charge on any atom is -0.482 e. The lowest BCUT2D eigenvalue weighted by atomic mass is 9.93. The normalized spacial score (nSPS) is 42.4. The van der Waals surface area contributed by atoms with Crippen molar-refractivity contribution in [3.63, 3.8) is 0 Å². The maximum atomic E-state index is 14.2. The van der Waals surface area contributed by atoms with Gasteiger partial charge >= 0.3 is 0 Å². The number of benzene rings is 2. The predicted octanol–water partition coefficient (Wildman–Crippen LogP) is -8.81. The van der Waals surface area contributed by atoms with E-state index >= 15 is 0 Å². The topological polar surface area (TPSA) is 525 Å². The fourth-order valence-electron chi connectivity index (χ4n) is 11.9. The van der Waals surface area contributed by atoms with Gasteiger partial charge in [0, 0.05) is 24.7 Å². The Bertz CT molecular complexity index is 2890. The van der Waals surface area contributed by atoms with E-state index in [9.17, 15) is 96.4 Å². The molecule has 30 atom stereocenters. The first kappa shape index (κ1) is 71.3. The summed E-state index contributed by atoms with van der Waals surface area (Å²) in [5, 5.41) is 196. The first-order valence-corrected chi connectivity index (χ1v) is 30.5. The number of anilines is 2. The van der Waals surface area contributed by atoms with Gasteiger partial charge in [-0.3, -0.25) is 9.59 Å². The Kier molecular flexibility index (Phi) is 23.7. The summed E-state index contributed by atoms with van der Waals surface area (Å²) in [6.45, 7) is -7.22. The van der Waals surface area contributed by atoms with Crippen molar-refractivity contribution in [2.24, 2.45) is 0 Å². The number of thiophene rings is 1. The van der Waals surface area contributed by atoms with Gasteiger partial charge in [0.2, 0.25) is 0 Å². The molecule has 36 heteroatoms. The number of ether oxygens (including phenoxy) is 13. The van der Waals surface area contributed by atoms with Crippen molar-refractivity contribution < 1.29 is 158 Å². The van der Waals surface area contributed by atoms with Crippen molar-refractivity contribution in [2.45, 2.75) is 184 Å². The van der Waals surface area contributed by atoms with Crippen molar-refractivity contribution in [2.75, 3.05) is 70.6 Å². The van der Waals surface area contributed by atoms with Gasteiger partial charge in [-0.2, -0.15) is 0 Å². The van der Waals surface area contributed by atoms with Gasteiger partial charge in [0.1, 0.15) is 146 Å². The molecule has 22 aliphatic heterocycles. The summed E-state index contributed by atoms with van der Waals surface area (Å²) in [6.07, 6.45) is -58.6. The van der Waals surface area contributed by atoms with E-state index in [0.717, 1.165) is 16.1 Å². The lowest BCUT2D eigenvalue weighted by Gasteiger charge is -2.51. The molecule has 520 valence electrons. The molecular formula is C57H79N3O32S. The summed E-state index contributed by atoms with van der Waals surface area (Å²) in [6, 6.07) is 15.3. The van der Waals surface area contributed by atoms with E-state index < -0.39 is 242 Å². The third-order valence-electron chi connectivity index (χ3n) is 17.0. The number of aliphatic hydroxyl groups excluding tert-OH is 17. The zero-order chi connectivity index (χ0) is 66.9. The van der Waals surface area contributed by atoms with Crippen LogP contribution in [-0.4, -0.2) is 343 Å². The van der Waals surface area contributed by atoms with Crippen LogP contribution in [0, 0.1) is 0 Å². The highest BCUT2D eigenvalue weighted by Gasteiger charge is 2.59. The largest absolute Gasteiger partial charge is 0.482 e. The number of carbonyl (C=O) groups excluding carboxylic acids is 2. The second kappa shape index (κ2) is 30.9. The monoisotopic (exact) mass is 1350 g/mol. The van der Waals surface area contributed by atoms with E-state index in [-0.39, 0.29) is 11.4 Å². The Morgan fingerprint density at radius 2 is 0.774 bits per heavy atom. The molecule has 22 saturated heterocycles. The molecule has 3 aromatic rings. The van der Waals surface area contributed by atoms with Gasteiger partial charge < -0.3 is 164 Å². The van der Waals surface area contributed by atoms with Gasteiger partial charge in [0.05, 0.1) is 56.2 Å². The number of nitrogens with zero attached hydrogens (tertiary/aromatic N) is 1. The maximum Gasteiger partial charge on any atom is 0.265 e. The van der Waals surface area contributed by atoms with E-state index in [4.69, 9.17) is 61.6 Å². The number of hydrogen-bond donors (Lipinski definition) is 19. The van der Waals surface area contributed by atoms with E-state index in [1.165, 1.54) is 23.5 Å². The van der Waals surface area contributed by atoms with Crippen LogP contribution in [0.4, 0.5) is 11.4 Å². The summed E-state index contributed by atoms with van der Waals surface area (Å²) in [4.78, 5) is 30.9. The van der Waals surface area contributed by atoms with E-state index in [1.54, 1.807) is 24.3 Å². The highest BCUT2D eigenvalue weighted by molar-refractivity contribution is 7.17. The SMILES string of the molecule is CN(C)c1ccc(-c2ccc(C(=O)Nc3ccccc3OCC(=O)N[C@@H]3[C@@H](O)[C@H]4O[C@H]5[C@H](O)[C@@H](O)[C@@H](O[C@H]6[C@H](O)[C@@H](O)[C@@H](O[C@H]7[C@H](O)[C@@H](O)[C@@H](O[C@H]8[C@H](O)[C@@H](O)[C@@H](O[C@H]9[C@H](O)[C@@H](O)[C@@H](O[C@@H]3[C@@H](CO)O4)O[C@@H]9CO)O[C@@H]8CO)O[C@@H]7CO)O[C@@H]6CO)O[C@@H]5CO)s2)cc1. The Hall–Kier alpha value is -4.48. The van der Waals surface area contributed by atoms with Gasteiger partial charge in [-0.15, -0.1) is 11.3 Å². The second-order valence-corrected chi connectivity index (χ2v) is 24.4. The Balaban J connectivity index is 0.923. The van der Waals surface area contributed by atoms with E-state index in [0.29, 0.717) is 4.88 Å². The number of amides is 2. The number of aliphatic hydroxyl groups is 17. The van der Waals surface area contributed by atoms with Crippen LogP contribution in [0.25, 0.3) is 10.4 Å². The minimum absolute atomic E-state index is 0.0139. The van der Waals surface area contributed by atoms with Gasteiger partial charge in [0.15, 0.2) is 44.3 Å². The molecular weight excluding hydrogens is 1270 g/mol. The lowest BCUT2D eigenvalue weighted by Crippen LogP contribution is -2.70. The summed E-state index contributed by atoms with van der Waals surface area (Å²) < 4.78 is 76.0. The molecule has 1 aromatic heterocycles. The Morgan fingerprint density at radius 3 is 1.14 bits per heavy atom. The molecule has 0 spiro atoms. The van der Waals surface area contributed by atoms with Crippen LogP contribution in [0.2, 0.25) is 0 Å². The van der Waals surface area contributed by atoms with Crippen LogP contribution in [0.5, 0.6) is 5.75 Å². The Labute approximate surface area is 532 Å². The zero-order valence-corrected chi connectivity index (χ0v) is 50.4. The third kappa shape index (κ3) is 15.0. The summed E-state index contributed by atoms with van der Waals surface area (Å²) in [5.41, 5.74) is 1.98. The molecule has 19 N–H and O–H groups in total. The third-order valence-corrected chi connectivity index (χ3v) is 18.2. The van der Waals surface area contributed by atoms with Crippen molar-refractivity contribution >= 4 is 34.5 Å². The van der Waals surface area contributed by atoms with Crippen molar-refractivity contribution in [1.29, 1.82) is 0 Å². The van der Waals surface area contributed by atoms with Crippen LogP contribution in [0.15, 0.2) is 60.7 Å². The molecule has 12 bridgehead atoms.